The van der Waals surface area contributed by atoms with Crippen LogP contribution in [0.5, 0.6) is 0 Å². The molecule has 22 heavy (non-hydrogen) atoms. The van der Waals surface area contributed by atoms with Crippen LogP contribution in [-0.4, -0.2) is 36.8 Å². The molecule has 0 heterocycles. The minimum absolute atomic E-state index is 0.0654. The molecule has 1 N–H and O–H groups in total. The van der Waals surface area contributed by atoms with Gasteiger partial charge in [0.1, 0.15) is 0 Å². The maximum Gasteiger partial charge on any atom is 0.0558 e. The fraction of sp³-hybridized carbons (Fsp3) is 0.368. The van der Waals surface area contributed by atoms with Crippen LogP contribution in [0.2, 0.25) is 5.02 Å². The molecular weight excluding hydrogens is 294 g/mol. The Morgan fingerprint density at radius 3 is 2.55 bits per heavy atom. The average molecular weight is 316 g/mol. The zero-order chi connectivity index (χ0) is 15.6. The Bertz CT molecular complexity index is 630. The van der Waals surface area contributed by atoms with Crippen LogP contribution in [0.1, 0.15) is 17.5 Å². The Hall–Kier alpha value is -1.35. The lowest BCUT2D eigenvalue weighted by molar-refractivity contribution is 0.215. The fourth-order valence-electron chi connectivity index (χ4n) is 3.56. The third-order valence-corrected chi connectivity index (χ3v) is 4.98. The highest BCUT2D eigenvalue weighted by molar-refractivity contribution is 6.30. The molecule has 2 atom stereocenters. The van der Waals surface area contributed by atoms with E-state index in [-0.39, 0.29) is 12.0 Å². The molecule has 116 valence electrons. The molecule has 0 spiro atoms. The molecule has 3 rings (SSSR count). The maximum atomic E-state index is 9.11. The van der Waals surface area contributed by atoms with Crippen molar-refractivity contribution in [1.82, 2.24) is 4.90 Å². The van der Waals surface area contributed by atoms with Gasteiger partial charge in [-0.25, -0.2) is 0 Å². The van der Waals surface area contributed by atoms with Crippen molar-refractivity contribution in [1.29, 1.82) is 0 Å². The lowest BCUT2D eigenvalue weighted by Crippen LogP contribution is -2.27. The van der Waals surface area contributed by atoms with E-state index >= 15 is 0 Å². The van der Waals surface area contributed by atoms with E-state index in [1.807, 2.05) is 12.1 Å². The molecule has 0 amide bonds. The lowest BCUT2D eigenvalue weighted by atomic mass is 9.85. The second-order valence-corrected chi connectivity index (χ2v) is 6.67. The minimum Gasteiger partial charge on any atom is -0.395 e. The number of aliphatic hydroxyl groups is 1. The minimum atomic E-state index is 0.0654. The molecule has 1 saturated carbocycles. The first-order valence-corrected chi connectivity index (χ1v) is 8.15. The van der Waals surface area contributed by atoms with Gasteiger partial charge in [0, 0.05) is 23.5 Å². The number of aliphatic hydroxyl groups excluding tert-OH is 1. The van der Waals surface area contributed by atoms with Gasteiger partial charge in [0.2, 0.25) is 0 Å². The molecule has 0 radical (unpaired) electrons. The van der Waals surface area contributed by atoms with E-state index in [2.05, 4.69) is 54.4 Å². The Labute approximate surface area is 137 Å². The average Bonchev–Trinajstić information content (AvgIpc) is 3.23. The van der Waals surface area contributed by atoms with Crippen LogP contribution in [-0.2, 0) is 5.41 Å². The summed E-state index contributed by atoms with van der Waals surface area (Å²) >= 11 is 6.23. The van der Waals surface area contributed by atoms with Gasteiger partial charge in [0.25, 0.3) is 0 Å². The molecule has 1 fully saturated rings. The topological polar surface area (TPSA) is 23.5 Å². The highest BCUT2D eigenvalue weighted by Crippen LogP contribution is 2.59. The monoisotopic (exact) mass is 315 g/mol. The lowest BCUT2D eigenvalue weighted by Gasteiger charge is -2.22. The molecule has 3 heteroatoms. The number of hydrogen-bond acceptors (Lipinski definition) is 2. The SMILES string of the molecule is CN(CCO)CC1CC1(c1ccccc1)c1cccc(Cl)c1. The van der Waals surface area contributed by atoms with E-state index in [0.717, 1.165) is 24.5 Å². The summed E-state index contributed by atoms with van der Waals surface area (Å²) in [6, 6.07) is 19.0. The zero-order valence-electron chi connectivity index (χ0n) is 12.9. The first-order valence-electron chi connectivity index (χ1n) is 7.78. The second kappa shape index (κ2) is 6.41. The number of halogens is 1. The van der Waals surface area contributed by atoms with E-state index in [1.165, 1.54) is 11.1 Å². The van der Waals surface area contributed by atoms with Gasteiger partial charge in [-0.2, -0.15) is 0 Å². The van der Waals surface area contributed by atoms with Crippen molar-refractivity contribution in [2.45, 2.75) is 11.8 Å². The summed E-state index contributed by atoms with van der Waals surface area (Å²) in [5, 5.41) is 9.91. The van der Waals surface area contributed by atoms with Crippen LogP contribution in [0.3, 0.4) is 0 Å². The highest BCUT2D eigenvalue weighted by Gasteiger charge is 2.56. The van der Waals surface area contributed by atoms with Crippen LogP contribution >= 0.6 is 11.6 Å². The van der Waals surface area contributed by atoms with Crippen LogP contribution < -0.4 is 0 Å². The molecule has 2 nitrogen and oxygen atoms in total. The second-order valence-electron chi connectivity index (χ2n) is 6.23. The third-order valence-electron chi connectivity index (χ3n) is 4.75. The molecule has 1 aliphatic carbocycles. The van der Waals surface area contributed by atoms with E-state index in [1.54, 1.807) is 0 Å². The van der Waals surface area contributed by atoms with Crippen molar-refractivity contribution in [3.8, 4) is 0 Å². The maximum absolute atomic E-state index is 9.11. The number of nitrogens with zero attached hydrogens (tertiary/aromatic N) is 1. The van der Waals surface area contributed by atoms with Crippen molar-refractivity contribution in [3.63, 3.8) is 0 Å². The number of rotatable bonds is 6. The quantitative estimate of drug-likeness (QED) is 0.881. The number of hydrogen-bond donors (Lipinski definition) is 1. The van der Waals surface area contributed by atoms with Crippen molar-refractivity contribution < 1.29 is 5.11 Å². The number of benzene rings is 2. The van der Waals surface area contributed by atoms with Gasteiger partial charge in [-0.15, -0.1) is 0 Å². The molecular formula is C19H22ClNO. The first kappa shape index (κ1) is 15.5. The smallest absolute Gasteiger partial charge is 0.0558 e. The summed E-state index contributed by atoms with van der Waals surface area (Å²) in [5.41, 5.74) is 2.73. The largest absolute Gasteiger partial charge is 0.395 e. The standard InChI is InChI=1S/C19H22ClNO/c1-21(10-11-22)14-17-13-19(17,15-6-3-2-4-7-15)16-8-5-9-18(20)12-16/h2-9,12,17,22H,10-11,13-14H2,1H3. The predicted molar refractivity (Wildman–Crippen MR) is 91.4 cm³/mol. The van der Waals surface area contributed by atoms with Gasteiger partial charge in [0.15, 0.2) is 0 Å². The van der Waals surface area contributed by atoms with Crippen molar-refractivity contribution in [3.05, 3.63) is 70.7 Å². The van der Waals surface area contributed by atoms with E-state index < -0.39 is 0 Å². The zero-order valence-corrected chi connectivity index (χ0v) is 13.6. The molecule has 0 aromatic heterocycles. The van der Waals surface area contributed by atoms with Gasteiger partial charge in [0.05, 0.1) is 6.61 Å². The van der Waals surface area contributed by atoms with Crippen LogP contribution in [0, 0.1) is 5.92 Å². The third kappa shape index (κ3) is 2.91. The predicted octanol–water partition coefficient (Wildman–Crippen LogP) is 3.57. The van der Waals surface area contributed by atoms with Crippen LogP contribution in [0.15, 0.2) is 54.6 Å². The summed E-state index contributed by atoms with van der Waals surface area (Å²) in [5.74, 6) is 0.560. The Balaban J connectivity index is 1.92. The van der Waals surface area contributed by atoms with Gasteiger partial charge in [-0.3, -0.25) is 0 Å². The van der Waals surface area contributed by atoms with E-state index in [4.69, 9.17) is 16.7 Å². The summed E-state index contributed by atoms with van der Waals surface area (Å²) in [6.07, 6.45) is 1.13. The number of likely N-dealkylation sites (N-methyl/N-ethyl adjacent to an activating group) is 1. The summed E-state index contributed by atoms with van der Waals surface area (Å²) in [6.45, 7) is 1.91. The Morgan fingerprint density at radius 1 is 1.14 bits per heavy atom. The van der Waals surface area contributed by atoms with Gasteiger partial charge in [-0.05, 0) is 42.6 Å². The molecule has 1 aliphatic rings. The van der Waals surface area contributed by atoms with E-state index in [9.17, 15) is 0 Å². The molecule has 0 aliphatic heterocycles. The molecule has 2 aromatic rings. The Morgan fingerprint density at radius 2 is 1.86 bits per heavy atom. The van der Waals surface area contributed by atoms with Gasteiger partial charge >= 0.3 is 0 Å². The Kier molecular flexibility index (Phi) is 4.53. The van der Waals surface area contributed by atoms with Crippen molar-refractivity contribution >= 4 is 11.6 Å². The van der Waals surface area contributed by atoms with Crippen LogP contribution in [0.4, 0.5) is 0 Å². The molecule has 0 saturated heterocycles. The molecule has 2 aromatic carbocycles. The summed E-state index contributed by atoms with van der Waals surface area (Å²) in [7, 11) is 2.07. The molecule has 2 unspecified atom stereocenters. The van der Waals surface area contributed by atoms with Gasteiger partial charge in [-0.1, -0.05) is 54.1 Å². The first-order chi connectivity index (χ1) is 10.7. The van der Waals surface area contributed by atoms with Crippen LogP contribution in [0.25, 0.3) is 0 Å². The highest BCUT2D eigenvalue weighted by atomic mass is 35.5. The normalized spacial score (nSPS) is 23.7. The van der Waals surface area contributed by atoms with E-state index in [0.29, 0.717) is 5.92 Å². The van der Waals surface area contributed by atoms with Crippen molar-refractivity contribution in [2.75, 3.05) is 26.7 Å². The van der Waals surface area contributed by atoms with Crippen molar-refractivity contribution in [2.24, 2.45) is 5.92 Å². The molecule has 0 bridgehead atoms. The summed E-state index contributed by atoms with van der Waals surface area (Å²) < 4.78 is 0. The fourth-order valence-corrected chi connectivity index (χ4v) is 3.75. The van der Waals surface area contributed by atoms with Gasteiger partial charge < -0.3 is 10.0 Å². The summed E-state index contributed by atoms with van der Waals surface area (Å²) in [4.78, 5) is 2.21.